The van der Waals surface area contributed by atoms with Gasteiger partial charge >= 0.3 is 0 Å². The lowest BCUT2D eigenvalue weighted by atomic mass is 9.48. The predicted molar refractivity (Wildman–Crippen MR) is 95.0 cm³/mol. The number of nitro benzene ring substituents is 1. The lowest BCUT2D eigenvalue weighted by Crippen LogP contribution is -2.56. The number of nitrogens with zero attached hydrogens (tertiary/aromatic N) is 1. The van der Waals surface area contributed by atoms with Crippen molar-refractivity contribution in [2.24, 2.45) is 23.2 Å². The molecule has 1 amide bonds. The molecule has 4 saturated carbocycles. The first-order valence-electron chi connectivity index (χ1n) is 9.46. The molecule has 0 saturated heterocycles. The first-order chi connectivity index (χ1) is 11.9. The Balaban J connectivity index is 1.38. The second-order valence-corrected chi connectivity index (χ2v) is 8.67. The maximum atomic E-state index is 12.5. The van der Waals surface area contributed by atoms with Crippen LogP contribution in [0, 0.1) is 33.3 Å². The zero-order chi connectivity index (χ0) is 17.6. The minimum absolute atomic E-state index is 0.0251. The number of carbonyl (C=O) groups is 1. The number of benzene rings is 1. The Labute approximate surface area is 148 Å². The lowest BCUT2D eigenvalue weighted by molar-refractivity contribution is -0.384. The molecular formula is C20H26N2O3. The van der Waals surface area contributed by atoms with Crippen molar-refractivity contribution in [1.82, 2.24) is 5.32 Å². The Bertz CT molecular complexity index is 647. The van der Waals surface area contributed by atoms with Crippen molar-refractivity contribution >= 4 is 11.6 Å². The van der Waals surface area contributed by atoms with Crippen molar-refractivity contribution in [3.05, 3.63) is 39.9 Å². The lowest BCUT2D eigenvalue weighted by Gasteiger charge is -2.59. The summed E-state index contributed by atoms with van der Waals surface area (Å²) in [5, 5.41) is 14.0. The summed E-state index contributed by atoms with van der Waals surface area (Å²) >= 11 is 0. The molecule has 0 aromatic heterocycles. The van der Waals surface area contributed by atoms with E-state index in [1.807, 2.05) is 0 Å². The van der Waals surface area contributed by atoms with Gasteiger partial charge in [-0.2, -0.15) is 0 Å². The van der Waals surface area contributed by atoms with Crippen molar-refractivity contribution in [3.63, 3.8) is 0 Å². The average molecular weight is 342 g/mol. The molecule has 134 valence electrons. The van der Waals surface area contributed by atoms with Crippen LogP contribution in [0.1, 0.15) is 51.0 Å². The van der Waals surface area contributed by atoms with E-state index in [4.69, 9.17) is 0 Å². The summed E-state index contributed by atoms with van der Waals surface area (Å²) in [6, 6.07) is 6.49. The van der Waals surface area contributed by atoms with Crippen LogP contribution in [-0.4, -0.2) is 16.9 Å². The Kier molecular flexibility index (Phi) is 4.05. The summed E-state index contributed by atoms with van der Waals surface area (Å²) in [6.45, 7) is 2.18. The maximum Gasteiger partial charge on any atom is 0.269 e. The van der Waals surface area contributed by atoms with E-state index in [2.05, 4.69) is 12.2 Å². The van der Waals surface area contributed by atoms with Gasteiger partial charge in [0, 0.05) is 18.2 Å². The number of nitrogens with one attached hydrogen (secondary N) is 1. The van der Waals surface area contributed by atoms with Crippen molar-refractivity contribution in [3.8, 4) is 0 Å². The molecule has 0 radical (unpaired) electrons. The summed E-state index contributed by atoms with van der Waals surface area (Å²) in [6.07, 6.45) is 8.33. The number of rotatable bonds is 5. The number of amides is 1. The average Bonchev–Trinajstić information content (AvgIpc) is 2.54. The molecule has 1 aromatic carbocycles. The van der Waals surface area contributed by atoms with E-state index in [9.17, 15) is 14.9 Å². The van der Waals surface area contributed by atoms with Crippen molar-refractivity contribution in [2.75, 3.05) is 0 Å². The van der Waals surface area contributed by atoms with Gasteiger partial charge in [0.15, 0.2) is 0 Å². The first kappa shape index (κ1) is 16.6. The second kappa shape index (κ2) is 6.11. The molecule has 0 heterocycles. The van der Waals surface area contributed by atoms with E-state index in [0.29, 0.717) is 5.41 Å². The summed E-state index contributed by atoms with van der Waals surface area (Å²) in [7, 11) is 0. The molecule has 1 aromatic rings. The van der Waals surface area contributed by atoms with E-state index in [1.165, 1.54) is 50.7 Å². The summed E-state index contributed by atoms with van der Waals surface area (Å²) in [5.74, 6) is 2.65. The minimum atomic E-state index is -0.418. The van der Waals surface area contributed by atoms with Crippen molar-refractivity contribution < 1.29 is 9.72 Å². The molecule has 5 heteroatoms. The fourth-order valence-electron chi connectivity index (χ4n) is 6.07. The van der Waals surface area contributed by atoms with Crippen LogP contribution in [0.5, 0.6) is 0 Å². The zero-order valence-electron chi connectivity index (χ0n) is 14.7. The smallest absolute Gasteiger partial charge is 0.269 e. The van der Waals surface area contributed by atoms with E-state index in [0.717, 1.165) is 23.3 Å². The number of nitro groups is 1. The Morgan fingerprint density at radius 2 is 1.68 bits per heavy atom. The van der Waals surface area contributed by atoms with Crippen LogP contribution in [0.15, 0.2) is 24.3 Å². The third kappa shape index (κ3) is 3.16. The van der Waals surface area contributed by atoms with Crippen molar-refractivity contribution in [1.29, 1.82) is 0 Å². The highest BCUT2D eigenvalue weighted by molar-refractivity contribution is 5.79. The number of non-ortho nitro benzene ring substituents is 1. The molecule has 25 heavy (non-hydrogen) atoms. The Hall–Kier alpha value is -1.91. The van der Waals surface area contributed by atoms with Crippen LogP contribution >= 0.6 is 0 Å². The normalized spacial score (nSPS) is 33.9. The van der Waals surface area contributed by atoms with Gasteiger partial charge in [-0.1, -0.05) is 12.1 Å². The highest BCUT2D eigenvalue weighted by Crippen LogP contribution is 2.61. The van der Waals surface area contributed by atoms with Crippen LogP contribution in [0.2, 0.25) is 0 Å². The second-order valence-electron chi connectivity index (χ2n) is 8.67. The fourth-order valence-corrected chi connectivity index (χ4v) is 6.07. The van der Waals surface area contributed by atoms with Gasteiger partial charge in [-0.15, -0.1) is 0 Å². The Morgan fingerprint density at radius 3 is 2.16 bits per heavy atom. The zero-order valence-corrected chi connectivity index (χ0v) is 14.7. The number of carbonyl (C=O) groups excluding carboxylic acids is 1. The van der Waals surface area contributed by atoms with E-state index < -0.39 is 4.92 Å². The quantitative estimate of drug-likeness (QED) is 0.652. The molecule has 4 bridgehead atoms. The molecule has 4 aliphatic rings. The molecule has 0 spiro atoms. The van der Waals surface area contributed by atoms with Crippen LogP contribution in [0.3, 0.4) is 0 Å². The van der Waals surface area contributed by atoms with Gasteiger partial charge in [-0.3, -0.25) is 14.9 Å². The highest BCUT2D eigenvalue weighted by Gasteiger charge is 2.53. The van der Waals surface area contributed by atoms with E-state index in [1.54, 1.807) is 12.1 Å². The highest BCUT2D eigenvalue weighted by atomic mass is 16.6. The molecule has 4 fully saturated rings. The van der Waals surface area contributed by atoms with Crippen LogP contribution in [0.25, 0.3) is 0 Å². The van der Waals surface area contributed by atoms with Gasteiger partial charge in [-0.25, -0.2) is 0 Å². The standard InChI is InChI=1S/C20H26N2O3/c1-13(20-10-15-6-16(11-20)8-17(7-15)12-20)21-19(23)9-14-2-4-18(5-3-14)22(24)25/h2-5,13,15-17H,6-12H2,1H3,(H,21,23). The van der Waals surface area contributed by atoms with Gasteiger partial charge in [0.2, 0.25) is 5.91 Å². The third-order valence-electron chi connectivity index (χ3n) is 6.89. The van der Waals surface area contributed by atoms with Crippen LogP contribution in [0.4, 0.5) is 5.69 Å². The van der Waals surface area contributed by atoms with Gasteiger partial charge in [0.25, 0.3) is 5.69 Å². The fraction of sp³-hybridized carbons (Fsp3) is 0.650. The predicted octanol–water partition coefficient (Wildman–Crippen LogP) is 3.86. The summed E-state index contributed by atoms with van der Waals surface area (Å²) in [4.78, 5) is 22.8. The molecule has 1 N–H and O–H groups in total. The van der Waals surface area contributed by atoms with Crippen LogP contribution < -0.4 is 5.32 Å². The molecule has 5 nitrogen and oxygen atoms in total. The largest absolute Gasteiger partial charge is 0.353 e. The monoisotopic (exact) mass is 342 g/mol. The SMILES string of the molecule is CC(NC(=O)Cc1ccc([N+](=O)[O-])cc1)C12CC3CC(CC(C3)C1)C2. The van der Waals surface area contributed by atoms with E-state index in [-0.39, 0.29) is 24.1 Å². The molecule has 0 aliphatic heterocycles. The van der Waals surface area contributed by atoms with Gasteiger partial charge in [0.1, 0.15) is 0 Å². The molecular weight excluding hydrogens is 316 g/mol. The molecule has 1 atom stereocenters. The number of hydrogen-bond donors (Lipinski definition) is 1. The number of hydrogen-bond acceptors (Lipinski definition) is 3. The van der Waals surface area contributed by atoms with Gasteiger partial charge in [-0.05, 0) is 74.2 Å². The Morgan fingerprint density at radius 1 is 1.16 bits per heavy atom. The van der Waals surface area contributed by atoms with Gasteiger partial charge in [0.05, 0.1) is 11.3 Å². The topological polar surface area (TPSA) is 72.2 Å². The molecule has 4 aliphatic carbocycles. The summed E-state index contributed by atoms with van der Waals surface area (Å²) < 4.78 is 0. The maximum absolute atomic E-state index is 12.5. The van der Waals surface area contributed by atoms with E-state index >= 15 is 0 Å². The van der Waals surface area contributed by atoms with Crippen LogP contribution in [-0.2, 0) is 11.2 Å². The van der Waals surface area contributed by atoms with Gasteiger partial charge < -0.3 is 5.32 Å². The first-order valence-corrected chi connectivity index (χ1v) is 9.46. The third-order valence-corrected chi connectivity index (χ3v) is 6.89. The molecule has 1 unspecified atom stereocenters. The summed E-state index contributed by atoms with van der Waals surface area (Å²) in [5.41, 5.74) is 1.19. The minimum Gasteiger partial charge on any atom is -0.353 e. The molecule has 5 rings (SSSR count). The van der Waals surface area contributed by atoms with Crippen molar-refractivity contribution in [2.45, 2.75) is 57.9 Å².